The maximum atomic E-state index is 12.3. The van der Waals surface area contributed by atoms with Crippen LogP contribution in [0.2, 0.25) is 0 Å². The predicted molar refractivity (Wildman–Crippen MR) is 82.6 cm³/mol. The third-order valence-corrected chi connectivity index (χ3v) is 3.93. The molecule has 1 aliphatic heterocycles. The van der Waals surface area contributed by atoms with Crippen LogP contribution in [-0.2, 0) is 11.3 Å². The monoisotopic (exact) mass is 274 g/mol. The van der Waals surface area contributed by atoms with Crippen LogP contribution >= 0.6 is 0 Å². The molecule has 20 heavy (non-hydrogen) atoms. The second-order valence-corrected chi connectivity index (χ2v) is 5.98. The van der Waals surface area contributed by atoms with Crippen molar-refractivity contribution in [2.75, 3.05) is 13.1 Å². The van der Waals surface area contributed by atoms with E-state index in [9.17, 15) is 4.79 Å². The number of hydrogen-bond donors (Lipinski definition) is 1. The zero-order chi connectivity index (χ0) is 14.5. The third-order valence-electron chi connectivity index (χ3n) is 3.93. The van der Waals surface area contributed by atoms with Crippen molar-refractivity contribution < 1.29 is 4.79 Å². The first-order chi connectivity index (χ1) is 9.56. The van der Waals surface area contributed by atoms with E-state index in [2.05, 4.69) is 37.4 Å². The number of nitrogens with one attached hydrogen (secondary N) is 1. The van der Waals surface area contributed by atoms with Gasteiger partial charge >= 0.3 is 0 Å². The molecule has 2 rings (SSSR count). The standard InChI is InChI=1S/C17H26N2O/c1-13-9-14(2)11-16(10-13)12-18-15(3)17(20)19-7-5-4-6-8-19/h9-11,15,18H,4-8,12H2,1-3H3. The van der Waals surface area contributed by atoms with Crippen LogP contribution in [0.4, 0.5) is 0 Å². The number of likely N-dealkylation sites (tertiary alicyclic amines) is 1. The van der Waals surface area contributed by atoms with Crippen LogP contribution in [-0.4, -0.2) is 29.9 Å². The zero-order valence-corrected chi connectivity index (χ0v) is 12.9. The van der Waals surface area contributed by atoms with Gasteiger partial charge in [-0.25, -0.2) is 0 Å². The van der Waals surface area contributed by atoms with Crippen LogP contribution in [0.5, 0.6) is 0 Å². The van der Waals surface area contributed by atoms with E-state index in [0.29, 0.717) is 0 Å². The summed E-state index contributed by atoms with van der Waals surface area (Å²) in [6, 6.07) is 6.43. The molecule has 1 unspecified atom stereocenters. The summed E-state index contributed by atoms with van der Waals surface area (Å²) in [6.45, 7) is 8.79. The molecule has 1 amide bonds. The fourth-order valence-corrected chi connectivity index (χ4v) is 2.92. The van der Waals surface area contributed by atoms with Gasteiger partial charge < -0.3 is 10.2 Å². The zero-order valence-electron chi connectivity index (χ0n) is 12.9. The minimum Gasteiger partial charge on any atom is -0.341 e. The molecule has 1 saturated heterocycles. The highest BCUT2D eigenvalue weighted by Gasteiger charge is 2.21. The Kier molecular flexibility index (Phi) is 5.18. The molecule has 3 heteroatoms. The number of benzene rings is 1. The summed E-state index contributed by atoms with van der Waals surface area (Å²) in [4.78, 5) is 14.3. The van der Waals surface area contributed by atoms with Gasteiger partial charge in [-0.2, -0.15) is 0 Å². The number of piperidine rings is 1. The lowest BCUT2D eigenvalue weighted by atomic mass is 10.1. The quantitative estimate of drug-likeness (QED) is 0.915. The molecule has 1 aliphatic rings. The van der Waals surface area contributed by atoms with Gasteiger partial charge in [0.1, 0.15) is 0 Å². The van der Waals surface area contributed by atoms with E-state index in [1.807, 2.05) is 11.8 Å². The number of hydrogen-bond acceptors (Lipinski definition) is 2. The maximum Gasteiger partial charge on any atom is 0.239 e. The summed E-state index contributed by atoms with van der Waals surface area (Å²) in [5.41, 5.74) is 3.80. The molecule has 3 nitrogen and oxygen atoms in total. The first kappa shape index (κ1) is 15.0. The van der Waals surface area contributed by atoms with Gasteiger partial charge in [-0.1, -0.05) is 29.3 Å². The number of rotatable bonds is 4. The lowest BCUT2D eigenvalue weighted by molar-refractivity contribution is -0.133. The van der Waals surface area contributed by atoms with E-state index in [1.54, 1.807) is 0 Å². The SMILES string of the molecule is Cc1cc(C)cc(CNC(C)C(=O)N2CCCCC2)c1. The number of aryl methyl sites for hydroxylation is 2. The number of carbonyl (C=O) groups is 1. The number of carbonyl (C=O) groups excluding carboxylic acids is 1. The Balaban J connectivity index is 1.87. The van der Waals surface area contributed by atoms with Gasteiger partial charge in [0.15, 0.2) is 0 Å². The molecule has 0 aromatic heterocycles. The van der Waals surface area contributed by atoms with Crippen molar-refractivity contribution in [3.8, 4) is 0 Å². The van der Waals surface area contributed by atoms with E-state index >= 15 is 0 Å². The van der Waals surface area contributed by atoms with Gasteiger partial charge in [-0.05, 0) is 45.6 Å². The molecule has 1 heterocycles. The molecule has 0 saturated carbocycles. The van der Waals surface area contributed by atoms with Crippen molar-refractivity contribution in [2.24, 2.45) is 0 Å². The van der Waals surface area contributed by atoms with Gasteiger partial charge in [0.05, 0.1) is 6.04 Å². The van der Waals surface area contributed by atoms with E-state index in [0.717, 1.165) is 32.5 Å². The van der Waals surface area contributed by atoms with Crippen molar-refractivity contribution >= 4 is 5.91 Å². The van der Waals surface area contributed by atoms with E-state index in [1.165, 1.54) is 23.1 Å². The van der Waals surface area contributed by atoms with Crippen molar-refractivity contribution in [2.45, 2.75) is 52.6 Å². The minimum absolute atomic E-state index is 0.103. The number of nitrogens with zero attached hydrogens (tertiary/aromatic N) is 1. The Morgan fingerprint density at radius 2 is 1.75 bits per heavy atom. The van der Waals surface area contributed by atoms with Crippen LogP contribution in [0.25, 0.3) is 0 Å². The molecule has 1 fully saturated rings. The van der Waals surface area contributed by atoms with Crippen LogP contribution in [0.3, 0.4) is 0 Å². The molecule has 0 spiro atoms. The van der Waals surface area contributed by atoms with Gasteiger partial charge in [0.2, 0.25) is 5.91 Å². The third kappa shape index (κ3) is 4.07. The topological polar surface area (TPSA) is 32.3 Å². The second kappa shape index (κ2) is 6.89. The summed E-state index contributed by atoms with van der Waals surface area (Å²) in [6.07, 6.45) is 3.55. The molecule has 0 radical (unpaired) electrons. The fraction of sp³-hybridized carbons (Fsp3) is 0.588. The van der Waals surface area contributed by atoms with Gasteiger partial charge in [0, 0.05) is 19.6 Å². The van der Waals surface area contributed by atoms with Crippen molar-refractivity contribution in [1.82, 2.24) is 10.2 Å². The predicted octanol–water partition coefficient (Wildman–Crippen LogP) is 2.79. The van der Waals surface area contributed by atoms with E-state index < -0.39 is 0 Å². The molecular formula is C17H26N2O. The Morgan fingerprint density at radius 1 is 1.15 bits per heavy atom. The summed E-state index contributed by atoms with van der Waals surface area (Å²) in [5, 5.41) is 3.36. The highest BCUT2D eigenvalue weighted by Crippen LogP contribution is 2.11. The average Bonchev–Trinajstić information content (AvgIpc) is 2.44. The smallest absolute Gasteiger partial charge is 0.239 e. The second-order valence-electron chi connectivity index (χ2n) is 5.98. The Labute approximate surface area is 122 Å². The van der Waals surface area contributed by atoms with Gasteiger partial charge in [0.25, 0.3) is 0 Å². The summed E-state index contributed by atoms with van der Waals surface area (Å²) < 4.78 is 0. The lowest BCUT2D eigenvalue weighted by Gasteiger charge is -2.29. The van der Waals surface area contributed by atoms with Crippen LogP contribution in [0, 0.1) is 13.8 Å². The minimum atomic E-state index is -0.103. The highest BCUT2D eigenvalue weighted by molar-refractivity contribution is 5.81. The van der Waals surface area contributed by atoms with E-state index in [-0.39, 0.29) is 11.9 Å². The Morgan fingerprint density at radius 3 is 2.35 bits per heavy atom. The normalized spacial score (nSPS) is 17.1. The molecule has 1 aromatic rings. The Bertz CT molecular complexity index is 444. The molecule has 1 N–H and O–H groups in total. The van der Waals surface area contributed by atoms with Crippen LogP contribution in [0.15, 0.2) is 18.2 Å². The molecular weight excluding hydrogens is 248 g/mol. The summed E-state index contributed by atoms with van der Waals surface area (Å²) >= 11 is 0. The molecule has 1 aromatic carbocycles. The number of amides is 1. The highest BCUT2D eigenvalue weighted by atomic mass is 16.2. The fourth-order valence-electron chi connectivity index (χ4n) is 2.92. The maximum absolute atomic E-state index is 12.3. The lowest BCUT2D eigenvalue weighted by Crippen LogP contribution is -2.46. The largest absolute Gasteiger partial charge is 0.341 e. The molecule has 110 valence electrons. The van der Waals surface area contributed by atoms with Crippen molar-refractivity contribution in [3.63, 3.8) is 0 Å². The summed E-state index contributed by atoms with van der Waals surface area (Å²) in [5.74, 6) is 0.245. The van der Waals surface area contributed by atoms with Gasteiger partial charge in [-0.3, -0.25) is 4.79 Å². The van der Waals surface area contributed by atoms with E-state index in [4.69, 9.17) is 0 Å². The van der Waals surface area contributed by atoms with Crippen LogP contribution in [0.1, 0.15) is 42.9 Å². The average molecular weight is 274 g/mol. The molecule has 0 aliphatic carbocycles. The summed E-state index contributed by atoms with van der Waals surface area (Å²) in [7, 11) is 0. The first-order valence-corrected chi connectivity index (χ1v) is 7.65. The first-order valence-electron chi connectivity index (χ1n) is 7.65. The van der Waals surface area contributed by atoms with Crippen molar-refractivity contribution in [1.29, 1.82) is 0 Å². The van der Waals surface area contributed by atoms with Crippen LogP contribution < -0.4 is 5.32 Å². The molecule has 1 atom stereocenters. The Hall–Kier alpha value is -1.35. The van der Waals surface area contributed by atoms with Gasteiger partial charge in [-0.15, -0.1) is 0 Å². The van der Waals surface area contributed by atoms with Crippen molar-refractivity contribution in [3.05, 3.63) is 34.9 Å². The molecule has 0 bridgehead atoms.